The molecule has 0 bridgehead atoms. The van der Waals surface area contributed by atoms with Crippen molar-refractivity contribution in [1.29, 1.82) is 0 Å². The summed E-state index contributed by atoms with van der Waals surface area (Å²) in [6.07, 6.45) is 5.47. The summed E-state index contributed by atoms with van der Waals surface area (Å²) in [6.45, 7) is 4.23. The average molecular weight is 355 g/mol. The lowest BCUT2D eigenvalue weighted by Crippen LogP contribution is -2.29. The van der Waals surface area contributed by atoms with Gasteiger partial charge in [-0.15, -0.1) is 0 Å². The number of fused-ring (bicyclic) bond motifs is 3. The first-order valence-electron chi connectivity index (χ1n) is 8.44. The minimum absolute atomic E-state index is 0.0323. The van der Waals surface area contributed by atoms with Gasteiger partial charge < -0.3 is 5.32 Å². The molecular formula is C20H19ClN2O2. The Morgan fingerprint density at radius 3 is 2.80 bits per heavy atom. The van der Waals surface area contributed by atoms with Crippen LogP contribution in [-0.4, -0.2) is 4.92 Å². The summed E-state index contributed by atoms with van der Waals surface area (Å²) in [5.41, 5.74) is 5.84. The predicted octanol–water partition coefficient (Wildman–Crippen LogP) is 5.69. The van der Waals surface area contributed by atoms with Crippen LogP contribution in [0.5, 0.6) is 0 Å². The number of anilines is 1. The molecule has 0 saturated heterocycles. The molecule has 2 aromatic carbocycles. The van der Waals surface area contributed by atoms with Gasteiger partial charge in [0.15, 0.2) is 0 Å². The maximum absolute atomic E-state index is 11.3. The molecule has 128 valence electrons. The van der Waals surface area contributed by atoms with Gasteiger partial charge in [0, 0.05) is 17.7 Å². The van der Waals surface area contributed by atoms with Gasteiger partial charge in [-0.3, -0.25) is 10.1 Å². The van der Waals surface area contributed by atoms with Crippen LogP contribution in [0.25, 0.3) is 0 Å². The number of nitro benzene ring substituents is 1. The van der Waals surface area contributed by atoms with Crippen molar-refractivity contribution in [2.45, 2.75) is 32.2 Å². The summed E-state index contributed by atoms with van der Waals surface area (Å²) < 4.78 is 0. The maximum Gasteiger partial charge on any atom is 0.288 e. The number of rotatable bonds is 2. The van der Waals surface area contributed by atoms with Crippen LogP contribution in [0.1, 0.15) is 40.6 Å². The third-order valence-corrected chi connectivity index (χ3v) is 5.66. The van der Waals surface area contributed by atoms with Crippen LogP contribution in [0, 0.1) is 29.9 Å². The standard InChI is InChI=1S/C20H19ClN2O2/c1-11-8-12(2)19-16(9-11)14-4-3-5-15(14)20(22-19)13-6-7-17(21)18(10-13)23(24)25/h3-4,6-10,14-15,20,22H,5H2,1-2H3/t14-,15+,20+/m1/s1. The lowest BCUT2D eigenvalue weighted by atomic mass is 9.76. The number of hydrogen-bond donors (Lipinski definition) is 1. The summed E-state index contributed by atoms with van der Waals surface area (Å²) in [4.78, 5) is 10.8. The van der Waals surface area contributed by atoms with Gasteiger partial charge in [-0.05, 0) is 48.9 Å². The second-order valence-electron chi connectivity index (χ2n) is 6.99. The van der Waals surface area contributed by atoms with Gasteiger partial charge in [0.25, 0.3) is 5.69 Å². The Morgan fingerprint density at radius 1 is 1.24 bits per heavy atom. The molecular weight excluding hydrogens is 336 g/mol. The van der Waals surface area contributed by atoms with E-state index in [1.165, 1.54) is 16.7 Å². The van der Waals surface area contributed by atoms with E-state index in [9.17, 15) is 10.1 Å². The molecule has 1 N–H and O–H groups in total. The molecule has 0 fully saturated rings. The number of nitrogens with one attached hydrogen (secondary N) is 1. The van der Waals surface area contributed by atoms with Crippen LogP contribution in [-0.2, 0) is 0 Å². The first-order valence-corrected chi connectivity index (χ1v) is 8.81. The van der Waals surface area contributed by atoms with E-state index in [1.54, 1.807) is 12.1 Å². The predicted molar refractivity (Wildman–Crippen MR) is 100 cm³/mol. The molecule has 0 saturated carbocycles. The van der Waals surface area contributed by atoms with E-state index in [-0.39, 0.29) is 16.8 Å². The molecule has 0 radical (unpaired) electrons. The van der Waals surface area contributed by atoms with Crippen LogP contribution in [0.4, 0.5) is 11.4 Å². The number of nitrogens with zero attached hydrogens (tertiary/aromatic N) is 1. The Morgan fingerprint density at radius 2 is 2.04 bits per heavy atom. The minimum atomic E-state index is -0.415. The Kier molecular flexibility index (Phi) is 3.80. The quantitative estimate of drug-likeness (QED) is 0.428. The number of benzene rings is 2. The molecule has 3 atom stereocenters. The van der Waals surface area contributed by atoms with Crippen LogP contribution in [0.15, 0.2) is 42.5 Å². The largest absolute Gasteiger partial charge is 0.377 e. The van der Waals surface area contributed by atoms with Gasteiger partial charge in [0.1, 0.15) is 5.02 Å². The van der Waals surface area contributed by atoms with Crippen molar-refractivity contribution in [3.63, 3.8) is 0 Å². The average Bonchev–Trinajstić information content (AvgIpc) is 3.04. The number of aryl methyl sites for hydroxylation is 2. The highest BCUT2D eigenvalue weighted by atomic mass is 35.5. The maximum atomic E-state index is 11.3. The fraction of sp³-hybridized carbons (Fsp3) is 0.300. The fourth-order valence-corrected chi connectivity index (χ4v) is 4.45. The number of nitro groups is 1. The van der Waals surface area contributed by atoms with E-state index in [0.29, 0.717) is 11.8 Å². The lowest BCUT2D eigenvalue weighted by Gasteiger charge is -2.38. The monoisotopic (exact) mass is 354 g/mol. The van der Waals surface area contributed by atoms with Crippen LogP contribution in [0.2, 0.25) is 5.02 Å². The van der Waals surface area contributed by atoms with E-state index in [2.05, 4.69) is 43.4 Å². The van der Waals surface area contributed by atoms with E-state index < -0.39 is 4.92 Å². The minimum Gasteiger partial charge on any atom is -0.377 e. The molecule has 0 spiro atoms. The van der Waals surface area contributed by atoms with Crippen molar-refractivity contribution >= 4 is 23.0 Å². The summed E-state index contributed by atoms with van der Waals surface area (Å²) in [7, 11) is 0. The first kappa shape index (κ1) is 16.2. The summed E-state index contributed by atoms with van der Waals surface area (Å²) >= 11 is 5.99. The summed E-state index contributed by atoms with van der Waals surface area (Å²) in [5.74, 6) is 0.698. The summed E-state index contributed by atoms with van der Waals surface area (Å²) in [5, 5.41) is 15.1. The van der Waals surface area contributed by atoms with Crippen molar-refractivity contribution in [2.75, 3.05) is 5.32 Å². The Labute approximate surface area is 151 Å². The third-order valence-electron chi connectivity index (χ3n) is 5.34. The third kappa shape index (κ3) is 2.61. The Hall–Kier alpha value is -2.33. The van der Waals surface area contributed by atoms with Crippen LogP contribution in [0.3, 0.4) is 0 Å². The molecule has 1 heterocycles. The van der Waals surface area contributed by atoms with Crippen molar-refractivity contribution < 1.29 is 4.92 Å². The van der Waals surface area contributed by atoms with Gasteiger partial charge in [-0.2, -0.15) is 0 Å². The molecule has 0 aromatic heterocycles. The smallest absolute Gasteiger partial charge is 0.288 e. The van der Waals surface area contributed by atoms with Crippen LogP contribution < -0.4 is 5.32 Å². The van der Waals surface area contributed by atoms with Gasteiger partial charge in [0.05, 0.1) is 11.0 Å². The fourth-order valence-electron chi connectivity index (χ4n) is 4.27. The normalized spacial score (nSPS) is 23.7. The lowest BCUT2D eigenvalue weighted by molar-refractivity contribution is -0.384. The second-order valence-corrected chi connectivity index (χ2v) is 7.40. The van der Waals surface area contributed by atoms with E-state index in [0.717, 1.165) is 17.7 Å². The highest BCUT2D eigenvalue weighted by Crippen LogP contribution is 2.51. The van der Waals surface area contributed by atoms with Crippen LogP contribution >= 0.6 is 11.6 Å². The molecule has 1 aliphatic carbocycles. The zero-order chi connectivity index (χ0) is 17.7. The number of halogens is 1. The number of hydrogen-bond acceptors (Lipinski definition) is 3. The van der Waals surface area contributed by atoms with Crippen molar-refractivity contribution in [3.05, 3.63) is 79.9 Å². The molecule has 4 rings (SSSR count). The van der Waals surface area contributed by atoms with Crippen molar-refractivity contribution in [3.8, 4) is 0 Å². The van der Waals surface area contributed by atoms with Gasteiger partial charge in [-0.25, -0.2) is 0 Å². The highest BCUT2D eigenvalue weighted by Gasteiger charge is 2.39. The molecule has 4 nitrogen and oxygen atoms in total. The van der Waals surface area contributed by atoms with Gasteiger partial charge in [0.2, 0.25) is 0 Å². The van der Waals surface area contributed by atoms with E-state index in [4.69, 9.17) is 11.6 Å². The molecule has 0 amide bonds. The van der Waals surface area contributed by atoms with Crippen molar-refractivity contribution in [1.82, 2.24) is 0 Å². The second kappa shape index (κ2) is 5.88. The Bertz CT molecular complexity index is 907. The summed E-state index contributed by atoms with van der Waals surface area (Å²) in [6, 6.07) is 9.60. The molecule has 0 unspecified atom stereocenters. The number of allylic oxidation sites excluding steroid dienone is 2. The highest BCUT2D eigenvalue weighted by molar-refractivity contribution is 6.32. The van der Waals surface area contributed by atoms with Crippen molar-refractivity contribution in [2.24, 2.45) is 5.92 Å². The topological polar surface area (TPSA) is 55.2 Å². The van der Waals surface area contributed by atoms with Gasteiger partial charge >= 0.3 is 0 Å². The molecule has 2 aliphatic rings. The SMILES string of the molecule is Cc1cc(C)c2c(c1)[C@@H]1C=CC[C@@H]1[C@H](c1ccc(Cl)c([N+](=O)[O-])c1)N2. The van der Waals surface area contributed by atoms with Gasteiger partial charge in [-0.1, -0.05) is 47.5 Å². The first-order chi connectivity index (χ1) is 12.0. The Balaban J connectivity index is 1.82. The zero-order valence-electron chi connectivity index (χ0n) is 14.1. The molecule has 25 heavy (non-hydrogen) atoms. The van der Waals surface area contributed by atoms with E-state index in [1.807, 2.05) is 6.07 Å². The van der Waals surface area contributed by atoms with E-state index >= 15 is 0 Å². The molecule has 1 aliphatic heterocycles. The molecule has 2 aromatic rings. The molecule has 5 heteroatoms. The zero-order valence-corrected chi connectivity index (χ0v) is 14.9.